The molecule has 1 heterocycles. The molecular weight excluding hydrogens is 573 g/mol. The van der Waals surface area contributed by atoms with Gasteiger partial charge >= 0.3 is 7.12 Å². The Morgan fingerprint density at radius 1 is 0.630 bits per heavy atom. The summed E-state index contributed by atoms with van der Waals surface area (Å²) in [6, 6.07) is 47.7. The summed E-state index contributed by atoms with van der Waals surface area (Å²) in [6.45, 7) is 3.62. The van der Waals surface area contributed by atoms with Crippen LogP contribution in [0, 0.1) is 0 Å². The van der Waals surface area contributed by atoms with Gasteiger partial charge in [-0.15, -0.1) is 0 Å². The van der Waals surface area contributed by atoms with Crippen LogP contribution in [0.5, 0.6) is 0 Å². The predicted octanol–water partition coefficient (Wildman–Crippen LogP) is 6.47. The van der Waals surface area contributed by atoms with E-state index in [0.717, 1.165) is 22.3 Å². The van der Waals surface area contributed by atoms with Crippen LogP contribution in [0.4, 0.5) is 5.69 Å². The second-order valence-electron chi connectivity index (χ2n) is 11.1. The van der Waals surface area contributed by atoms with E-state index in [1.54, 1.807) is 14.2 Å². The third-order valence-corrected chi connectivity index (χ3v) is 8.73. The van der Waals surface area contributed by atoms with E-state index in [4.69, 9.17) is 18.8 Å². The van der Waals surface area contributed by atoms with E-state index < -0.39 is 30.5 Å². The average Bonchev–Trinajstić information content (AvgIpc) is 3.57. The number of hydrogen-bond donors (Lipinski definition) is 1. The first-order valence-electron chi connectivity index (χ1n) is 15.2. The minimum absolute atomic E-state index is 0.335. The van der Waals surface area contributed by atoms with Crippen molar-refractivity contribution in [2.45, 2.75) is 23.4 Å². The smallest absolute Gasteiger partial charge is 0.398 e. The molecule has 0 radical (unpaired) electrons. The summed E-state index contributed by atoms with van der Waals surface area (Å²) < 4.78 is 27.6. The van der Waals surface area contributed by atoms with Crippen LogP contribution in [0.25, 0.3) is 0 Å². The van der Waals surface area contributed by atoms with Crippen LogP contribution in [-0.2, 0) is 34.8 Å². The number of nitrogens with one attached hydrogen (secondary N) is 1. The molecule has 0 bridgehead atoms. The number of carbonyl (C=O) groups excluding carboxylic acids is 1. The van der Waals surface area contributed by atoms with Gasteiger partial charge in [0.2, 0.25) is 5.91 Å². The van der Waals surface area contributed by atoms with Crippen LogP contribution < -0.4 is 10.8 Å². The van der Waals surface area contributed by atoms with E-state index in [1.165, 1.54) is 6.08 Å². The topological polar surface area (TPSA) is 66.0 Å². The molecule has 5 aromatic rings. The molecule has 1 fully saturated rings. The number of hydrogen-bond acceptors (Lipinski definition) is 5. The maximum atomic E-state index is 12.5. The van der Waals surface area contributed by atoms with Crippen molar-refractivity contribution in [2.75, 3.05) is 19.5 Å². The third-order valence-electron chi connectivity index (χ3n) is 8.73. The first-order valence-corrected chi connectivity index (χ1v) is 15.2. The highest BCUT2D eigenvalue weighted by atomic mass is 16.7. The fourth-order valence-electron chi connectivity index (χ4n) is 6.64. The molecule has 0 spiro atoms. The first kappa shape index (κ1) is 31.2. The molecule has 0 aromatic heterocycles. The second kappa shape index (κ2) is 13.7. The number of anilines is 1. The molecule has 1 amide bonds. The Balaban J connectivity index is 1.64. The quantitative estimate of drug-likeness (QED) is 0.137. The lowest BCUT2D eigenvalue weighted by atomic mass is 9.71. The van der Waals surface area contributed by atoms with Gasteiger partial charge in [0.1, 0.15) is 23.4 Å². The minimum atomic E-state index is -1.14. The maximum Gasteiger partial charge on any atom is 0.496 e. The molecule has 1 N–H and O–H groups in total. The molecule has 1 saturated heterocycles. The molecule has 6 nitrogen and oxygen atoms in total. The second-order valence-corrected chi connectivity index (χ2v) is 11.1. The Morgan fingerprint density at radius 2 is 0.978 bits per heavy atom. The van der Waals surface area contributed by atoms with Crippen molar-refractivity contribution in [1.29, 1.82) is 0 Å². The van der Waals surface area contributed by atoms with Gasteiger partial charge in [-0.1, -0.05) is 146 Å². The van der Waals surface area contributed by atoms with E-state index in [2.05, 4.69) is 11.9 Å². The summed E-state index contributed by atoms with van der Waals surface area (Å²) >= 11 is 0. The number of ether oxygens (including phenoxy) is 2. The summed E-state index contributed by atoms with van der Waals surface area (Å²) in [7, 11) is 2.50. The van der Waals surface area contributed by atoms with Gasteiger partial charge in [-0.25, -0.2) is 0 Å². The zero-order valence-electron chi connectivity index (χ0n) is 25.9. The van der Waals surface area contributed by atoms with Crippen LogP contribution in [-0.4, -0.2) is 39.5 Å². The van der Waals surface area contributed by atoms with E-state index in [9.17, 15) is 4.79 Å². The van der Waals surface area contributed by atoms with Crippen molar-refractivity contribution in [3.05, 3.63) is 181 Å². The van der Waals surface area contributed by atoms with E-state index in [-0.39, 0.29) is 5.91 Å². The van der Waals surface area contributed by atoms with Gasteiger partial charge in [0.05, 0.1) is 0 Å². The average molecular weight is 610 g/mol. The molecule has 5 aromatic carbocycles. The Labute approximate surface area is 270 Å². The van der Waals surface area contributed by atoms with Gasteiger partial charge in [-0.3, -0.25) is 4.79 Å². The summed E-state index contributed by atoms with van der Waals surface area (Å²) in [6.07, 6.45) is -0.299. The summed E-state index contributed by atoms with van der Waals surface area (Å²) in [5, 5.41) is 2.92. The van der Waals surface area contributed by atoms with Crippen molar-refractivity contribution in [2.24, 2.45) is 0 Å². The molecule has 6 rings (SSSR count). The SMILES string of the molecule is C=CC(=O)Nc1ccccc1B1O[C@@H](C(OC)(c2ccccc2)c2ccccc2)[C@H](C(OC)(c2ccccc2)c2ccccc2)O1. The van der Waals surface area contributed by atoms with Crippen LogP contribution >= 0.6 is 0 Å². The Kier molecular flexibility index (Phi) is 9.29. The van der Waals surface area contributed by atoms with Gasteiger partial charge in [0.25, 0.3) is 0 Å². The molecule has 2 atom stereocenters. The van der Waals surface area contributed by atoms with Gasteiger partial charge in [-0.2, -0.15) is 0 Å². The maximum absolute atomic E-state index is 12.5. The van der Waals surface area contributed by atoms with E-state index >= 15 is 0 Å². The van der Waals surface area contributed by atoms with Gasteiger partial charge in [-0.05, 0) is 34.4 Å². The Morgan fingerprint density at radius 3 is 1.33 bits per heavy atom. The largest absolute Gasteiger partial charge is 0.496 e. The molecule has 230 valence electrons. The normalized spacial score (nSPS) is 16.6. The van der Waals surface area contributed by atoms with Gasteiger partial charge < -0.3 is 24.1 Å². The Bertz CT molecular complexity index is 1570. The number of carbonyl (C=O) groups is 1. The number of rotatable bonds is 11. The molecule has 7 heteroatoms. The van der Waals surface area contributed by atoms with Crippen LogP contribution in [0.1, 0.15) is 22.3 Å². The molecule has 0 unspecified atom stereocenters. The highest BCUT2D eigenvalue weighted by Gasteiger charge is 2.62. The number of para-hydroxylation sites is 1. The van der Waals surface area contributed by atoms with Crippen LogP contribution in [0.3, 0.4) is 0 Å². The summed E-state index contributed by atoms with van der Waals surface area (Å²) in [4.78, 5) is 12.5. The number of methoxy groups -OCH3 is 2. The highest BCUT2D eigenvalue weighted by molar-refractivity contribution is 6.64. The third kappa shape index (κ3) is 5.48. The molecule has 1 aliphatic rings. The lowest BCUT2D eigenvalue weighted by Gasteiger charge is -2.46. The van der Waals surface area contributed by atoms with Crippen LogP contribution in [0.2, 0.25) is 0 Å². The molecular formula is C39H36BNO5. The first-order chi connectivity index (χ1) is 22.6. The van der Waals surface area contributed by atoms with Gasteiger partial charge in [0, 0.05) is 25.4 Å². The minimum Gasteiger partial charge on any atom is -0.398 e. The molecule has 0 saturated carbocycles. The summed E-state index contributed by atoms with van der Waals surface area (Å²) in [5.74, 6) is -0.335. The summed E-state index contributed by atoms with van der Waals surface area (Å²) in [5.41, 5.74) is 2.49. The van der Waals surface area contributed by atoms with Crippen molar-refractivity contribution < 1.29 is 23.6 Å². The lowest BCUT2D eigenvalue weighted by molar-refractivity contribution is -0.136. The molecule has 0 aliphatic carbocycles. The van der Waals surface area contributed by atoms with Crippen molar-refractivity contribution in [1.82, 2.24) is 0 Å². The number of benzene rings is 5. The van der Waals surface area contributed by atoms with Crippen molar-refractivity contribution in [3.63, 3.8) is 0 Å². The monoisotopic (exact) mass is 609 g/mol. The molecule has 1 aliphatic heterocycles. The predicted molar refractivity (Wildman–Crippen MR) is 182 cm³/mol. The zero-order valence-corrected chi connectivity index (χ0v) is 25.9. The lowest BCUT2D eigenvalue weighted by Crippen LogP contribution is -2.56. The van der Waals surface area contributed by atoms with Crippen molar-refractivity contribution >= 4 is 24.2 Å². The fraction of sp³-hybridized carbons (Fsp3) is 0.154. The van der Waals surface area contributed by atoms with E-state index in [1.807, 2.05) is 146 Å². The zero-order chi connectivity index (χ0) is 32.0. The van der Waals surface area contributed by atoms with Crippen LogP contribution in [0.15, 0.2) is 158 Å². The van der Waals surface area contributed by atoms with E-state index in [0.29, 0.717) is 11.2 Å². The van der Waals surface area contributed by atoms with Crippen molar-refractivity contribution in [3.8, 4) is 0 Å². The fourth-order valence-corrected chi connectivity index (χ4v) is 6.64. The highest BCUT2D eigenvalue weighted by Crippen LogP contribution is 2.50. The Hall–Kier alpha value is -4.79. The standard InChI is InChI=1S/C39H36BNO5/c1-4-35(42)41-34-28-18-17-27-33(34)40-45-36(38(43-2,29-19-9-5-10-20-29)30-21-11-6-12-22-30)37(46-40)39(44-3,31-23-13-7-14-24-31)32-25-15-8-16-26-32/h4-28,36-37H,1H2,2-3H3,(H,41,42)/t36-,37-/m1/s1. The van der Waals surface area contributed by atoms with Gasteiger partial charge in [0.15, 0.2) is 0 Å². The molecule has 46 heavy (non-hydrogen) atoms. The number of amides is 1.